The number of nitrogens with two attached hydrogens (primary N) is 1. The summed E-state index contributed by atoms with van der Waals surface area (Å²) < 4.78 is 27.9. The highest BCUT2D eigenvalue weighted by Crippen LogP contribution is 2.27. The molecule has 2 N–H and O–H groups in total. The first-order valence-corrected chi connectivity index (χ1v) is 8.10. The number of hydrogen-bond acceptors (Lipinski definition) is 3. The lowest BCUT2D eigenvalue weighted by atomic mass is 10.2. The van der Waals surface area contributed by atoms with E-state index in [1.54, 1.807) is 7.05 Å². The van der Waals surface area contributed by atoms with Crippen LogP contribution in [0.25, 0.3) is 0 Å². The molecule has 1 fully saturated rings. The predicted octanol–water partition coefficient (Wildman–Crippen LogP) is 1.10. The maximum atomic E-state index is 12.5. The van der Waals surface area contributed by atoms with E-state index in [0.29, 0.717) is 0 Å². The molecule has 18 heavy (non-hydrogen) atoms. The summed E-state index contributed by atoms with van der Waals surface area (Å²) in [5.41, 5.74) is 5.54. The number of thiocarbonyl (C=S) groups is 1. The fraction of sp³-hybridized carbons (Fsp3) is 0.909. The molecule has 1 saturated carbocycles. The summed E-state index contributed by atoms with van der Waals surface area (Å²) in [7, 11) is -1.88. The normalized spacial score (nSPS) is 18.1. The zero-order valence-corrected chi connectivity index (χ0v) is 12.9. The molecule has 0 amide bonds. The van der Waals surface area contributed by atoms with E-state index in [9.17, 15) is 8.42 Å². The van der Waals surface area contributed by atoms with Gasteiger partial charge in [0.05, 0.1) is 11.5 Å². The van der Waals surface area contributed by atoms with E-state index in [4.69, 9.17) is 18.0 Å². The quantitative estimate of drug-likeness (QED) is 0.745. The number of rotatable bonds is 6. The van der Waals surface area contributed by atoms with Gasteiger partial charge in [0.1, 0.15) is 0 Å². The molecule has 0 bridgehead atoms. The second kappa shape index (κ2) is 6.27. The summed E-state index contributed by atoms with van der Waals surface area (Å²) >= 11 is 4.88. The largest absolute Gasteiger partial charge is 0.392 e. The van der Waals surface area contributed by atoms with Crippen LogP contribution >= 0.6 is 12.2 Å². The molecule has 0 spiro atoms. The summed E-state index contributed by atoms with van der Waals surface area (Å²) in [4.78, 5) is 0.225. The average molecular weight is 293 g/mol. The van der Waals surface area contributed by atoms with Gasteiger partial charge in [0.25, 0.3) is 10.2 Å². The lowest BCUT2D eigenvalue weighted by Gasteiger charge is -2.33. The lowest BCUT2D eigenvalue weighted by molar-refractivity contribution is 0.304. The highest BCUT2D eigenvalue weighted by atomic mass is 32.2. The smallest absolute Gasteiger partial charge is 0.282 e. The molecule has 0 aliphatic heterocycles. The standard InChI is InChI=1S/C11H23N3O2S2/c1-9(2)13(3)18(15,16)14(8-11(12)17)10-6-4-5-7-10/h9-10H,4-8H2,1-3H3,(H2,12,17). The van der Waals surface area contributed by atoms with Crippen molar-refractivity contribution in [1.82, 2.24) is 8.61 Å². The molecule has 106 valence electrons. The van der Waals surface area contributed by atoms with Gasteiger partial charge in [-0.05, 0) is 26.7 Å². The highest BCUT2D eigenvalue weighted by Gasteiger charge is 2.35. The van der Waals surface area contributed by atoms with E-state index in [0.717, 1.165) is 25.7 Å². The van der Waals surface area contributed by atoms with Crippen molar-refractivity contribution in [3.63, 3.8) is 0 Å². The van der Waals surface area contributed by atoms with Gasteiger partial charge in [-0.3, -0.25) is 0 Å². The van der Waals surface area contributed by atoms with Crippen LogP contribution in [0.1, 0.15) is 39.5 Å². The summed E-state index contributed by atoms with van der Waals surface area (Å²) in [5, 5.41) is 0. The van der Waals surface area contributed by atoms with Crippen LogP contribution in [0, 0.1) is 0 Å². The second-order valence-electron chi connectivity index (χ2n) is 5.07. The third kappa shape index (κ3) is 3.63. The van der Waals surface area contributed by atoms with Crippen molar-refractivity contribution >= 4 is 27.4 Å². The van der Waals surface area contributed by atoms with Crippen LogP contribution in [0.4, 0.5) is 0 Å². The van der Waals surface area contributed by atoms with Crippen LogP contribution in [0.3, 0.4) is 0 Å². The summed E-state index contributed by atoms with van der Waals surface area (Å²) in [6.45, 7) is 3.84. The van der Waals surface area contributed by atoms with Gasteiger partial charge in [0, 0.05) is 19.1 Å². The first-order chi connectivity index (χ1) is 8.26. The van der Waals surface area contributed by atoms with E-state index >= 15 is 0 Å². The summed E-state index contributed by atoms with van der Waals surface area (Å²) in [5.74, 6) is 0. The molecule has 0 aromatic carbocycles. The molecule has 0 aromatic heterocycles. The molecule has 0 radical (unpaired) electrons. The third-order valence-corrected chi connectivity index (χ3v) is 5.73. The molecule has 1 rings (SSSR count). The zero-order valence-electron chi connectivity index (χ0n) is 11.3. The van der Waals surface area contributed by atoms with Gasteiger partial charge in [-0.1, -0.05) is 25.1 Å². The van der Waals surface area contributed by atoms with E-state index in [-0.39, 0.29) is 23.6 Å². The van der Waals surface area contributed by atoms with Gasteiger partial charge in [0.15, 0.2) is 0 Å². The van der Waals surface area contributed by atoms with E-state index < -0.39 is 10.2 Å². The minimum absolute atomic E-state index is 0.0395. The van der Waals surface area contributed by atoms with Crippen LogP contribution in [0.2, 0.25) is 0 Å². The van der Waals surface area contributed by atoms with Crippen molar-refractivity contribution in [2.24, 2.45) is 5.73 Å². The van der Waals surface area contributed by atoms with Crippen molar-refractivity contribution in [3.8, 4) is 0 Å². The van der Waals surface area contributed by atoms with Crippen LogP contribution < -0.4 is 5.73 Å². The molecule has 1 aliphatic carbocycles. The number of hydrogen-bond donors (Lipinski definition) is 1. The minimum atomic E-state index is -3.48. The van der Waals surface area contributed by atoms with Crippen molar-refractivity contribution in [1.29, 1.82) is 0 Å². The van der Waals surface area contributed by atoms with Gasteiger partial charge < -0.3 is 5.73 Å². The summed E-state index contributed by atoms with van der Waals surface area (Å²) in [6.07, 6.45) is 3.93. The monoisotopic (exact) mass is 293 g/mol. The maximum Gasteiger partial charge on any atom is 0.282 e. The predicted molar refractivity (Wildman–Crippen MR) is 77.6 cm³/mol. The van der Waals surface area contributed by atoms with Crippen LogP contribution in [-0.4, -0.2) is 47.7 Å². The van der Waals surface area contributed by atoms with Gasteiger partial charge in [-0.15, -0.1) is 0 Å². The molecule has 0 aromatic rings. The Bertz CT molecular complexity index is 389. The van der Waals surface area contributed by atoms with Gasteiger partial charge in [-0.2, -0.15) is 17.0 Å². The molecular formula is C11H23N3O2S2. The highest BCUT2D eigenvalue weighted by molar-refractivity contribution is 7.87. The Kier molecular flexibility index (Phi) is 5.51. The van der Waals surface area contributed by atoms with E-state index in [2.05, 4.69) is 0 Å². The van der Waals surface area contributed by atoms with Crippen LogP contribution in [0.5, 0.6) is 0 Å². The maximum absolute atomic E-state index is 12.5. The van der Waals surface area contributed by atoms with Gasteiger partial charge in [0.2, 0.25) is 0 Å². The van der Waals surface area contributed by atoms with Crippen molar-refractivity contribution < 1.29 is 8.42 Å². The Hall–Kier alpha value is -0.240. The third-order valence-electron chi connectivity index (χ3n) is 3.43. The topological polar surface area (TPSA) is 66.6 Å². The molecule has 0 saturated heterocycles. The molecule has 1 aliphatic rings. The SMILES string of the molecule is CC(C)N(C)S(=O)(=O)N(CC(N)=S)C1CCCC1. The fourth-order valence-electron chi connectivity index (χ4n) is 2.18. The zero-order chi connectivity index (χ0) is 13.9. The van der Waals surface area contributed by atoms with Crippen LogP contribution in [-0.2, 0) is 10.2 Å². The molecular weight excluding hydrogens is 270 g/mol. The average Bonchev–Trinajstić information content (AvgIpc) is 2.77. The van der Waals surface area contributed by atoms with Gasteiger partial charge in [-0.25, -0.2) is 0 Å². The molecule has 0 atom stereocenters. The van der Waals surface area contributed by atoms with E-state index in [1.165, 1.54) is 8.61 Å². The molecule has 5 nitrogen and oxygen atoms in total. The van der Waals surface area contributed by atoms with Crippen molar-refractivity contribution in [3.05, 3.63) is 0 Å². The summed E-state index contributed by atoms with van der Waals surface area (Å²) in [6, 6.07) is -0.0389. The minimum Gasteiger partial charge on any atom is -0.392 e. The Morgan fingerprint density at radius 2 is 1.89 bits per heavy atom. The van der Waals surface area contributed by atoms with E-state index in [1.807, 2.05) is 13.8 Å². The van der Waals surface area contributed by atoms with Crippen molar-refractivity contribution in [2.75, 3.05) is 13.6 Å². The first kappa shape index (κ1) is 15.8. The van der Waals surface area contributed by atoms with Gasteiger partial charge >= 0.3 is 0 Å². The molecule has 0 unspecified atom stereocenters. The molecule has 0 heterocycles. The number of nitrogens with zero attached hydrogens (tertiary/aromatic N) is 2. The Balaban J connectivity index is 2.97. The molecule has 7 heteroatoms. The lowest BCUT2D eigenvalue weighted by Crippen LogP contribution is -2.51. The van der Waals surface area contributed by atoms with Crippen molar-refractivity contribution in [2.45, 2.75) is 51.6 Å². The Morgan fingerprint density at radius 3 is 2.28 bits per heavy atom. The Morgan fingerprint density at radius 1 is 1.39 bits per heavy atom. The first-order valence-electron chi connectivity index (χ1n) is 6.30. The fourth-order valence-corrected chi connectivity index (χ4v) is 4.15. The Labute approximate surface area is 115 Å². The van der Waals surface area contributed by atoms with Crippen LogP contribution in [0.15, 0.2) is 0 Å². The second-order valence-corrected chi connectivity index (χ2v) is 7.53.